The third-order valence-corrected chi connectivity index (χ3v) is 3.67. The molecule has 0 saturated heterocycles. The van der Waals surface area contributed by atoms with E-state index in [1.54, 1.807) is 7.11 Å². The van der Waals surface area contributed by atoms with Gasteiger partial charge in [-0.2, -0.15) is 0 Å². The van der Waals surface area contributed by atoms with Crippen molar-refractivity contribution in [2.75, 3.05) is 13.7 Å². The number of hydrogen-bond donors (Lipinski definition) is 1. The highest BCUT2D eigenvalue weighted by molar-refractivity contribution is 5.89. The number of ether oxygens (including phenoxy) is 2. The lowest BCUT2D eigenvalue weighted by Gasteiger charge is -2.13. The fourth-order valence-electron chi connectivity index (χ4n) is 2.69. The van der Waals surface area contributed by atoms with Crippen molar-refractivity contribution < 1.29 is 9.47 Å². The van der Waals surface area contributed by atoms with Crippen LogP contribution in [0.25, 0.3) is 10.9 Å². The van der Waals surface area contributed by atoms with Crippen molar-refractivity contribution in [2.45, 2.75) is 20.0 Å². The van der Waals surface area contributed by atoms with E-state index in [9.17, 15) is 0 Å². The van der Waals surface area contributed by atoms with E-state index >= 15 is 0 Å². The van der Waals surface area contributed by atoms with Gasteiger partial charge in [0.25, 0.3) is 0 Å². The van der Waals surface area contributed by atoms with Gasteiger partial charge in [0.2, 0.25) is 0 Å². The molecule has 0 fully saturated rings. The summed E-state index contributed by atoms with van der Waals surface area (Å²) < 4.78 is 11.2. The molecule has 0 bridgehead atoms. The van der Waals surface area contributed by atoms with Gasteiger partial charge in [0.15, 0.2) is 0 Å². The van der Waals surface area contributed by atoms with Gasteiger partial charge in [0, 0.05) is 28.2 Å². The number of aryl methyl sites for hydroxylation is 1. The van der Waals surface area contributed by atoms with Crippen LogP contribution in [0.5, 0.6) is 5.75 Å². The Morgan fingerprint density at radius 3 is 2.83 bits per heavy atom. The predicted molar refractivity (Wildman–Crippen MR) is 72.0 cm³/mol. The van der Waals surface area contributed by atoms with E-state index in [0.717, 1.165) is 16.8 Å². The highest BCUT2D eigenvalue weighted by Crippen LogP contribution is 2.38. The molecule has 1 aliphatic rings. The molecule has 3 nitrogen and oxygen atoms in total. The molecule has 94 valence electrons. The Kier molecular flexibility index (Phi) is 2.63. The summed E-state index contributed by atoms with van der Waals surface area (Å²) in [5, 5.41) is 1.22. The van der Waals surface area contributed by atoms with Crippen LogP contribution in [0.4, 0.5) is 0 Å². The minimum Gasteiger partial charge on any atom is -0.496 e. The van der Waals surface area contributed by atoms with E-state index in [0.29, 0.717) is 6.61 Å². The number of aromatic nitrogens is 1. The van der Waals surface area contributed by atoms with Crippen LogP contribution in [0, 0.1) is 6.92 Å². The van der Waals surface area contributed by atoms with Crippen LogP contribution >= 0.6 is 0 Å². The Balaban J connectivity index is 2.21. The second kappa shape index (κ2) is 4.18. The normalized spacial score (nSPS) is 19.3. The van der Waals surface area contributed by atoms with Crippen LogP contribution in [0.2, 0.25) is 0 Å². The van der Waals surface area contributed by atoms with Gasteiger partial charge in [-0.3, -0.25) is 0 Å². The number of hydrogen-bond acceptors (Lipinski definition) is 2. The Bertz CT molecular complexity index is 625. The van der Waals surface area contributed by atoms with Gasteiger partial charge in [-0.25, -0.2) is 0 Å². The van der Waals surface area contributed by atoms with Gasteiger partial charge < -0.3 is 14.5 Å². The van der Waals surface area contributed by atoms with Gasteiger partial charge in [0.05, 0.1) is 13.7 Å². The van der Waals surface area contributed by atoms with E-state index in [1.807, 2.05) is 12.3 Å². The lowest BCUT2D eigenvalue weighted by molar-refractivity contribution is 0.124. The summed E-state index contributed by atoms with van der Waals surface area (Å²) in [6.07, 6.45) is 4.26. The maximum absolute atomic E-state index is 5.79. The van der Waals surface area contributed by atoms with Gasteiger partial charge in [-0.05, 0) is 31.6 Å². The molecule has 0 amide bonds. The maximum Gasteiger partial charge on any atom is 0.122 e. The van der Waals surface area contributed by atoms with Crippen LogP contribution in [0.1, 0.15) is 24.2 Å². The van der Waals surface area contributed by atoms with Crippen molar-refractivity contribution in [3.63, 3.8) is 0 Å². The first kappa shape index (κ1) is 11.4. The third kappa shape index (κ3) is 1.55. The quantitative estimate of drug-likeness (QED) is 0.819. The van der Waals surface area contributed by atoms with Crippen molar-refractivity contribution in [3.05, 3.63) is 41.1 Å². The average molecular weight is 243 g/mol. The first-order valence-electron chi connectivity index (χ1n) is 6.15. The monoisotopic (exact) mass is 243 g/mol. The number of fused-ring (bicyclic) bond motifs is 1. The topological polar surface area (TPSA) is 34.2 Å². The molecule has 1 aromatic carbocycles. The highest BCUT2D eigenvalue weighted by atomic mass is 16.5. The molecule has 0 aliphatic carbocycles. The summed E-state index contributed by atoms with van der Waals surface area (Å²) in [7, 11) is 1.71. The zero-order chi connectivity index (χ0) is 12.7. The first-order chi connectivity index (χ1) is 8.72. The summed E-state index contributed by atoms with van der Waals surface area (Å²) in [6, 6.07) is 4.05. The minimum atomic E-state index is 0.0737. The molecule has 0 radical (unpaired) electrons. The molecular formula is C15H17NO2. The smallest absolute Gasteiger partial charge is 0.122 e. The summed E-state index contributed by atoms with van der Waals surface area (Å²) in [5.41, 5.74) is 4.77. The van der Waals surface area contributed by atoms with Crippen LogP contribution in [0.3, 0.4) is 0 Å². The van der Waals surface area contributed by atoms with Crippen LogP contribution in [0.15, 0.2) is 30.0 Å². The van der Waals surface area contributed by atoms with E-state index in [4.69, 9.17) is 9.47 Å². The first-order valence-corrected chi connectivity index (χ1v) is 6.15. The summed E-state index contributed by atoms with van der Waals surface area (Å²) in [4.78, 5) is 3.31. The second-order valence-electron chi connectivity index (χ2n) is 4.72. The molecule has 18 heavy (non-hydrogen) atoms. The maximum atomic E-state index is 5.79. The number of rotatable bonds is 2. The van der Waals surface area contributed by atoms with Gasteiger partial charge in [0.1, 0.15) is 11.9 Å². The molecule has 1 atom stereocenters. The lowest BCUT2D eigenvalue weighted by atomic mass is 9.99. The van der Waals surface area contributed by atoms with Gasteiger partial charge in [-0.1, -0.05) is 6.08 Å². The fraction of sp³-hybridized carbons (Fsp3) is 0.333. The summed E-state index contributed by atoms with van der Waals surface area (Å²) >= 11 is 0. The molecule has 1 N–H and O–H groups in total. The third-order valence-electron chi connectivity index (χ3n) is 3.67. The molecule has 3 rings (SSSR count). The zero-order valence-electron chi connectivity index (χ0n) is 10.9. The van der Waals surface area contributed by atoms with Gasteiger partial charge >= 0.3 is 0 Å². The molecule has 0 saturated carbocycles. The number of aromatic amines is 1. The van der Waals surface area contributed by atoms with Crippen molar-refractivity contribution in [3.8, 4) is 5.75 Å². The molecule has 1 aromatic heterocycles. The highest BCUT2D eigenvalue weighted by Gasteiger charge is 2.23. The molecule has 2 aromatic rings. The van der Waals surface area contributed by atoms with E-state index in [-0.39, 0.29) is 6.10 Å². The Morgan fingerprint density at radius 2 is 2.17 bits per heavy atom. The molecule has 0 spiro atoms. The standard InChI is InChI=1S/C15H17NO2/c1-9-6-7-18-15(9)11-8-16-12-4-5-13(17-3)10(2)14(11)12/h4-6,8,15-16H,7H2,1-3H3. The minimum absolute atomic E-state index is 0.0737. The summed E-state index contributed by atoms with van der Waals surface area (Å²) in [5.74, 6) is 0.919. The van der Waals surface area contributed by atoms with Crippen LogP contribution < -0.4 is 4.74 Å². The average Bonchev–Trinajstić information content (AvgIpc) is 2.95. The van der Waals surface area contributed by atoms with Crippen molar-refractivity contribution in [2.24, 2.45) is 0 Å². The largest absolute Gasteiger partial charge is 0.496 e. The van der Waals surface area contributed by atoms with E-state index in [2.05, 4.69) is 31.0 Å². The molecule has 2 heterocycles. The zero-order valence-corrected chi connectivity index (χ0v) is 10.9. The second-order valence-corrected chi connectivity index (χ2v) is 4.72. The Labute approximate surface area is 106 Å². The fourth-order valence-corrected chi connectivity index (χ4v) is 2.69. The number of nitrogens with one attached hydrogen (secondary N) is 1. The number of methoxy groups -OCH3 is 1. The summed E-state index contributed by atoms with van der Waals surface area (Å²) in [6.45, 7) is 4.91. The van der Waals surface area contributed by atoms with Gasteiger partial charge in [-0.15, -0.1) is 0 Å². The molecule has 1 unspecified atom stereocenters. The molecule has 3 heteroatoms. The van der Waals surface area contributed by atoms with E-state index < -0.39 is 0 Å². The molecule has 1 aliphatic heterocycles. The number of benzene rings is 1. The van der Waals surface area contributed by atoms with E-state index in [1.165, 1.54) is 16.5 Å². The molecular weight excluding hydrogens is 226 g/mol. The predicted octanol–water partition coefficient (Wildman–Crippen LogP) is 3.50. The lowest BCUT2D eigenvalue weighted by Crippen LogP contribution is -1.99. The Morgan fingerprint density at radius 1 is 1.33 bits per heavy atom. The van der Waals surface area contributed by atoms with Crippen LogP contribution in [-0.2, 0) is 4.74 Å². The van der Waals surface area contributed by atoms with Crippen molar-refractivity contribution in [1.29, 1.82) is 0 Å². The number of H-pyrrole nitrogens is 1. The van der Waals surface area contributed by atoms with Crippen molar-refractivity contribution >= 4 is 10.9 Å². The van der Waals surface area contributed by atoms with Crippen LogP contribution in [-0.4, -0.2) is 18.7 Å². The Hall–Kier alpha value is -1.74. The SMILES string of the molecule is COc1ccc2[nH]cc(C3OCC=C3C)c2c1C. The van der Waals surface area contributed by atoms with Crippen molar-refractivity contribution in [1.82, 2.24) is 4.98 Å².